The number of halogens is 2. The second-order valence-electron chi connectivity index (χ2n) is 7.53. The molecule has 168 valence electrons. The molecule has 2 aromatic carbocycles. The Hall–Kier alpha value is -3.48. The summed E-state index contributed by atoms with van der Waals surface area (Å²) in [7, 11) is 0. The number of nitrogens with zero attached hydrogens (tertiary/aromatic N) is 1. The maximum absolute atomic E-state index is 14.5. The van der Waals surface area contributed by atoms with Crippen molar-refractivity contribution in [2.24, 2.45) is 5.73 Å². The number of hydrogen-bond donors (Lipinski definition) is 2. The van der Waals surface area contributed by atoms with E-state index in [-0.39, 0.29) is 11.4 Å². The van der Waals surface area contributed by atoms with Crippen molar-refractivity contribution in [1.29, 1.82) is 0 Å². The zero-order valence-corrected chi connectivity index (χ0v) is 18.0. The molecular weight excluding hydrogens is 412 g/mol. The zero-order valence-electron chi connectivity index (χ0n) is 18.0. The molecule has 3 aromatic rings. The first-order chi connectivity index (χ1) is 15.5. The molecule has 0 spiro atoms. The number of aryl methyl sites for hydroxylation is 1. The molecular formula is C25H27F2N3O2. The predicted molar refractivity (Wildman–Crippen MR) is 121 cm³/mol. The number of hydrogen-bond acceptors (Lipinski definition) is 4. The summed E-state index contributed by atoms with van der Waals surface area (Å²) in [6, 6.07) is 13.3. The van der Waals surface area contributed by atoms with E-state index in [0.717, 1.165) is 18.5 Å². The summed E-state index contributed by atoms with van der Waals surface area (Å²) in [6.45, 7) is 2.72. The first-order valence-electron chi connectivity index (χ1n) is 10.7. The number of nitrogens with one attached hydrogen (secondary N) is 1. The van der Waals surface area contributed by atoms with Gasteiger partial charge >= 0.3 is 0 Å². The van der Waals surface area contributed by atoms with Gasteiger partial charge in [0.05, 0.1) is 5.56 Å². The number of benzene rings is 2. The highest BCUT2D eigenvalue weighted by atomic mass is 19.1. The molecule has 5 nitrogen and oxygen atoms in total. The summed E-state index contributed by atoms with van der Waals surface area (Å²) in [5.41, 5.74) is 8.14. The van der Waals surface area contributed by atoms with Crippen molar-refractivity contribution >= 4 is 11.6 Å². The molecule has 1 aromatic heterocycles. The quantitative estimate of drug-likeness (QED) is 0.379. The van der Waals surface area contributed by atoms with Gasteiger partial charge in [-0.25, -0.2) is 13.8 Å². The summed E-state index contributed by atoms with van der Waals surface area (Å²) in [5.74, 6) is -2.87. The Morgan fingerprint density at radius 1 is 1.06 bits per heavy atom. The van der Waals surface area contributed by atoms with Crippen molar-refractivity contribution in [3.05, 3.63) is 83.1 Å². The first-order valence-corrected chi connectivity index (χ1v) is 10.7. The Bertz CT molecular complexity index is 1030. The van der Waals surface area contributed by atoms with Crippen LogP contribution in [0.5, 0.6) is 11.6 Å². The van der Waals surface area contributed by atoms with E-state index < -0.39 is 23.3 Å². The van der Waals surface area contributed by atoms with Crippen LogP contribution in [0.3, 0.4) is 0 Å². The molecule has 0 bridgehead atoms. The lowest BCUT2D eigenvalue weighted by molar-refractivity contribution is 0.1000. The number of rotatable bonds is 11. The molecule has 7 heteroatoms. The molecule has 1 amide bonds. The molecule has 0 aliphatic carbocycles. The van der Waals surface area contributed by atoms with Crippen LogP contribution in [0, 0.1) is 11.6 Å². The van der Waals surface area contributed by atoms with E-state index in [1.807, 2.05) is 18.2 Å². The van der Waals surface area contributed by atoms with Crippen LogP contribution < -0.4 is 15.8 Å². The number of unbranched alkanes of at least 4 members (excludes halogenated alkanes) is 2. The molecule has 0 atom stereocenters. The second kappa shape index (κ2) is 11.2. The highest BCUT2D eigenvalue weighted by Crippen LogP contribution is 2.28. The van der Waals surface area contributed by atoms with Crippen molar-refractivity contribution < 1.29 is 18.3 Å². The monoisotopic (exact) mass is 439 g/mol. The maximum Gasteiger partial charge on any atom is 0.250 e. The van der Waals surface area contributed by atoms with Crippen LogP contribution in [0.4, 0.5) is 14.5 Å². The normalized spacial score (nSPS) is 10.7. The summed E-state index contributed by atoms with van der Waals surface area (Å²) < 4.78 is 34.2. The van der Waals surface area contributed by atoms with E-state index in [1.165, 1.54) is 48.9 Å². The minimum Gasteiger partial charge on any atom is -0.433 e. The van der Waals surface area contributed by atoms with Gasteiger partial charge in [0.2, 0.25) is 17.5 Å². The Morgan fingerprint density at radius 3 is 2.47 bits per heavy atom. The summed E-state index contributed by atoms with van der Waals surface area (Å²) >= 11 is 0. The summed E-state index contributed by atoms with van der Waals surface area (Å²) in [5, 5.41) is 3.37. The van der Waals surface area contributed by atoms with Gasteiger partial charge < -0.3 is 15.8 Å². The van der Waals surface area contributed by atoms with Crippen molar-refractivity contribution in [3.63, 3.8) is 0 Å². The largest absolute Gasteiger partial charge is 0.433 e. The maximum atomic E-state index is 14.5. The molecule has 0 unspecified atom stereocenters. The SMILES string of the molecule is CCCCCc1ccccc1NCCc1cc(F)c(Oc2ccc(C(N)=O)cn2)c(F)c1. The third-order valence-corrected chi connectivity index (χ3v) is 5.08. The number of carbonyl (C=O) groups is 1. The third kappa shape index (κ3) is 6.26. The van der Waals surface area contributed by atoms with E-state index in [0.29, 0.717) is 18.5 Å². The summed E-state index contributed by atoms with van der Waals surface area (Å²) in [6.07, 6.45) is 6.12. The van der Waals surface area contributed by atoms with E-state index in [4.69, 9.17) is 10.5 Å². The fourth-order valence-electron chi connectivity index (χ4n) is 3.36. The van der Waals surface area contributed by atoms with E-state index in [9.17, 15) is 13.6 Å². The smallest absolute Gasteiger partial charge is 0.250 e. The molecule has 0 radical (unpaired) electrons. The van der Waals surface area contributed by atoms with Gasteiger partial charge in [-0.2, -0.15) is 0 Å². The Labute approximate surface area is 186 Å². The van der Waals surface area contributed by atoms with E-state index >= 15 is 0 Å². The number of primary amides is 1. The van der Waals surface area contributed by atoms with E-state index in [2.05, 4.69) is 23.3 Å². The highest BCUT2D eigenvalue weighted by molar-refractivity contribution is 5.92. The molecule has 32 heavy (non-hydrogen) atoms. The van der Waals surface area contributed by atoms with Gasteiger partial charge in [0.15, 0.2) is 11.6 Å². The second-order valence-corrected chi connectivity index (χ2v) is 7.53. The Balaban J connectivity index is 1.61. The van der Waals surface area contributed by atoms with Crippen LogP contribution in [0.1, 0.15) is 47.7 Å². The van der Waals surface area contributed by atoms with Gasteiger partial charge in [-0.15, -0.1) is 0 Å². The van der Waals surface area contributed by atoms with Gasteiger partial charge in [-0.05, 0) is 54.7 Å². The molecule has 3 N–H and O–H groups in total. The fourth-order valence-corrected chi connectivity index (χ4v) is 3.36. The van der Waals surface area contributed by atoms with Crippen LogP contribution in [-0.2, 0) is 12.8 Å². The molecule has 3 rings (SSSR count). The zero-order chi connectivity index (χ0) is 22.9. The minimum absolute atomic E-state index is 0.0399. The van der Waals surface area contributed by atoms with Crippen LogP contribution >= 0.6 is 0 Å². The van der Waals surface area contributed by atoms with E-state index in [1.54, 1.807) is 0 Å². The van der Waals surface area contributed by atoms with Crippen LogP contribution in [-0.4, -0.2) is 17.4 Å². The standard InChI is InChI=1S/C25H27F2N3O2/c1-2-3-4-7-18-8-5-6-9-22(18)29-13-12-17-14-20(26)24(21(27)15-17)32-23-11-10-19(16-30-23)25(28)31/h5-6,8-11,14-16,29H,2-4,7,12-13H2,1H3,(H2,28,31). The molecule has 0 saturated carbocycles. The number of para-hydroxylation sites is 1. The van der Waals surface area contributed by atoms with Gasteiger partial charge in [0.25, 0.3) is 0 Å². The number of aromatic nitrogens is 1. The van der Waals surface area contributed by atoms with Gasteiger partial charge in [0.1, 0.15) is 0 Å². The average Bonchev–Trinajstić information content (AvgIpc) is 2.78. The highest BCUT2D eigenvalue weighted by Gasteiger charge is 2.15. The predicted octanol–water partition coefficient (Wildman–Crippen LogP) is 5.64. The number of anilines is 1. The number of ether oxygens (including phenoxy) is 1. The lowest BCUT2D eigenvalue weighted by atomic mass is 10.0. The van der Waals surface area contributed by atoms with Crippen molar-refractivity contribution in [3.8, 4) is 11.6 Å². The van der Waals surface area contributed by atoms with Crippen LogP contribution in [0.2, 0.25) is 0 Å². The molecule has 0 fully saturated rings. The van der Waals surface area contributed by atoms with Crippen molar-refractivity contribution in [1.82, 2.24) is 4.98 Å². The fraction of sp³-hybridized carbons (Fsp3) is 0.280. The third-order valence-electron chi connectivity index (χ3n) is 5.08. The van der Waals surface area contributed by atoms with Crippen molar-refractivity contribution in [2.45, 2.75) is 39.0 Å². The Morgan fingerprint density at radius 2 is 1.81 bits per heavy atom. The van der Waals surface area contributed by atoms with Crippen LogP contribution in [0.15, 0.2) is 54.7 Å². The minimum atomic E-state index is -0.819. The lowest BCUT2D eigenvalue weighted by Gasteiger charge is -2.13. The Kier molecular flexibility index (Phi) is 8.14. The van der Waals surface area contributed by atoms with Crippen LogP contribution in [0.25, 0.3) is 0 Å². The number of pyridine rings is 1. The van der Waals surface area contributed by atoms with Gasteiger partial charge in [-0.1, -0.05) is 38.0 Å². The van der Waals surface area contributed by atoms with Gasteiger partial charge in [-0.3, -0.25) is 4.79 Å². The molecule has 1 heterocycles. The summed E-state index contributed by atoms with van der Waals surface area (Å²) in [4.78, 5) is 14.9. The molecule has 0 saturated heterocycles. The lowest BCUT2D eigenvalue weighted by Crippen LogP contribution is -2.11. The van der Waals surface area contributed by atoms with Gasteiger partial charge in [0, 0.05) is 24.5 Å². The average molecular weight is 440 g/mol. The number of nitrogens with two attached hydrogens (primary N) is 1. The molecule has 0 aliphatic rings. The van der Waals surface area contributed by atoms with Crippen molar-refractivity contribution in [2.75, 3.05) is 11.9 Å². The number of amides is 1. The molecule has 0 aliphatic heterocycles. The number of carbonyl (C=O) groups excluding carboxylic acids is 1. The topological polar surface area (TPSA) is 77.2 Å². The first kappa shape index (κ1) is 23.2.